The molecule has 0 aromatic heterocycles. The van der Waals surface area contributed by atoms with E-state index in [0.29, 0.717) is 17.1 Å². The van der Waals surface area contributed by atoms with Crippen LogP contribution in [0, 0.1) is 5.82 Å². The summed E-state index contributed by atoms with van der Waals surface area (Å²) in [5.41, 5.74) is 0.455. The minimum atomic E-state index is -0.365. The monoisotopic (exact) mass is 198 g/mol. The predicted octanol–water partition coefficient (Wildman–Crippen LogP) is 1.65. The highest BCUT2D eigenvalue weighted by Gasteiger charge is 2.19. The summed E-state index contributed by atoms with van der Waals surface area (Å²) in [6.07, 6.45) is 0. The first-order valence-electron chi connectivity index (χ1n) is 4.42. The molecular formula is C10H11FO3. The fraction of sp³-hybridized carbons (Fsp3) is 0.400. The van der Waals surface area contributed by atoms with Crippen LogP contribution in [0.25, 0.3) is 0 Å². The second kappa shape index (κ2) is 3.46. The number of halogens is 1. The molecule has 4 heteroatoms. The van der Waals surface area contributed by atoms with E-state index in [1.54, 1.807) is 13.0 Å². The number of aliphatic hydroxyl groups excluding tert-OH is 1. The Morgan fingerprint density at radius 3 is 2.71 bits per heavy atom. The largest absolute Gasteiger partial charge is 0.454 e. The van der Waals surface area contributed by atoms with E-state index in [-0.39, 0.29) is 25.1 Å². The van der Waals surface area contributed by atoms with Gasteiger partial charge in [0.15, 0.2) is 11.5 Å². The zero-order valence-corrected chi connectivity index (χ0v) is 7.79. The summed E-state index contributed by atoms with van der Waals surface area (Å²) < 4.78 is 23.6. The topological polar surface area (TPSA) is 38.7 Å². The second-order valence-electron chi connectivity index (χ2n) is 3.31. The molecule has 1 atom stereocenters. The third-order valence-electron chi connectivity index (χ3n) is 2.30. The third kappa shape index (κ3) is 1.42. The molecule has 1 aromatic rings. The SMILES string of the molecule is CC(CO)c1cc2c(cc1F)OCO2. The second-order valence-corrected chi connectivity index (χ2v) is 3.31. The molecule has 1 unspecified atom stereocenters. The van der Waals surface area contributed by atoms with Crippen molar-refractivity contribution in [1.82, 2.24) is 0 Å². The third-order valence-corrected chi connectivity index (χ3v) is 2.30. The van der Waals surface area contributed by atoms with Gasteiger partial charge in [-0.25, -0.2) is 4.39 Å². The van der Waals surface area contributed by atoms with Crippen LogP contribution in [-0.4, -0.2) is 18.5 Å². The van der Waals surface area contributed by atoms with E-state index >= 15 is 0 Å². The molecule has 1 N–H and O–H groups in total. The Balaban J connectivity index is 2.42. The molecule has 1 aromatic carbocycles. The van der Waals surface area contributed by atoms with Gasteiger partial charge in [-0.1, -0.05) is 6.92 Å². The number of ether oxygens (including phenoxy) is 2. The van der Waals surface area contributed by atoms with Gasteiger partial charge in [0.2, 0.25) is 6.79 Å². The maximum Gasteiger partial charge on any atom is 0.231 e. The zero-order chi connectivity index (χ0) is 10.1. The Hall–Kier alpha value is -1.29. The molecule has 0 radical (unpaired) electrons. The highest BCUT2D eigenvalue weighted by Crippen LogP contribution is 2.36. The fourth-order valence-corrected chi connectivity index (χ4v) is 1.41. The number of hydrogen-bond donors (Lipinski definition) is 1. The molecular weight excluding hydrogens is 187 g/mol. The smallest absolute Gasteiger partial charge is 0.231 e. The van der Waals surface area contributed by atoms with Crippen LogP contribution in [0.1, 0.15) is 18.4 Å². The number of benzene rings is 1. The van der Waals surface area contributed by atoms with E-state index in [0.717, 1.165) is 0 Å². The maximum atomic E-state index is 13.4. The van der Waals surface area contributed by atoms with Crippen LogP contribution in [0.2, 0.25) is 0 Å². The van der Waals surface area contributed by atoms with Crippen LogP contribution in [0.15, 0.2) is 12.1 Å². The molecule has 76 valence electrons. The minimum Gasteiger partial charge on any atom is -0.454 e. The highest BCUT2D eigenvalue weighted by molar-refractivity contribution is 5.46. The Labute approximate surface area is 81.1 Å². The number of rotatable bonds is 2. The van der Waals surface area contributed by atoms with Gasteiger partial charge in [0.25, 0.3) is 0 Å². The first kappa shape index (κ1) is 9.27. The van der Waals surface area contributed by atoms with Crippen molar-refractivity contribution in [1.29, 1.82) is 0 Å². The molecule has 0 fully saturated rings. The molecule has 2 rings (SSSR count). The van der Waals surface area contributed by atoms with E-state index in [9.17, 15) is 4.39 Å². The van der Waals surface area contributed by atoms with Gasteiger partial charge in [0, 0.05) is 18.6 Å². The van der Waals surface area contributed by atoms with Gasteiger partial charge in [-0.05, 0) is 11.6 Å². The first-order chi connectivity index (χ1) is 6.72. The zero-order valence-electron chi connectivity index (χ0n) is 7.79. The van der Waals surface area contributed by atoms with Crippen LogP contribution >= 0.6 is 0 Å². The van der Waals surface area contributed by atoms with Gasteiger partial charge in [-0.2, -0.15) is 0 Å². The Morgan fingerprint density at radius 1 is 1.43 bits per heavy atom. The highest BCUT2D eigenvalue weighted by atomic mass is 19.1. The van der Waals surface area contributed by atoms with Crippen molar-refractivity contribution in [2.75, 3.05) is 13.4 Å². The molecule has 0 bridgehead atoms. The quantitative estimate of drug-likeness (QED) is 0.785. The van der Waals surface area contributed by atoms with Crippen LogP contribution in [0.4, 0.5) is 4.39 Å². The molecule has 1 aliphatic heterocycles. The van der Waals surface area contributed by atoms with Crippen LogP contribution in [0.5, 0.6) is 11.5 Å². The lowest BCUT2D eigenvalue weighted by atomic mass is 10.0. The summed E-state index contributed by atoms with van der Waals surface area (Å²) in [5, 5.41) is 8.92. The summed E-state index contributed by atoms with van der Waals surface area (Å²) in [7, 11) is 0. The lowest BCUT2D eigenvalue weighted by molar-refractivity contribution is 0.174. The molecule has 0 aliphatic carbocycles. The summed E-state index contributed by atoms with van der Waals surface area (Å²) >= 11 is 0. The van der Waals surface area contributed by atoms with Crippen molar-refractivity contribution < 1.29 is 19.0 Å². The van der Waals surface area contributed by atoms with E-state index in [4.69, 9.17) is 14.6 Å². The summed E-state index contributed by atoms with van der Waals surface area (Å²) in [4.78, 5) is 0. The number of fused-ring (bicyclic) bond motifs is 1. The number of hydrogen-bond acceptors (Lipinski definition) is 3. The Morgan fingerprint density at radius 2 is 2.07 bits per heavy atom. The van der Waals surface area contributed by atoms with E-state index < -0.39 is 0 Å². The van der Waals surface area contributed by atoms with Crippen molar-refractivity contribution in [2.45, 2.75) is 12.8 Å². The molecule has 0 saturated carbocycles. The average Bonchev–Trinajstić information content (AvgIpc) is 2.62. The number of aliphatic hydroxyl groups is 1. The van der Waals surface area contributed by atoms with Crippen molar-refractivity contribution in [3.63, 3.8) is 0 Å². The summed E-state index contributed by atoms with van der Waals surface area (Å²) in [5.74, 6) is 0.374. The summed E-state index contributed by atoms with van der Waals surface area (Å²) in [6, 6.07) is 2.88. The van der Waals surface area contributed by atoms with E-state index in [2.05, 4.69) is 0 Å². The molecule has 0 saturated heterocycles. The summed E-state index contributed by atoms with van der Waals surface area (Å²) in [6.45, 7) is 1.79. The van der Waals surface area contributed by atoms with Crippen molar-refractivity contribution in [3.8, 4) is 11.5 Å². The Bertz CT molecular complexity index is 351. The normalized spacial score (nSPS) is 15.6. The van der Waals surface area contributed by atoms with Gasteiger partial charge in [0.05, 0.1) is 0 Å². The van der Waals surface area contributed by atoms with Crippen LogP contribution in [0.3, 0.4) is 0 Å². The van der Waals surface area contributed by atoms with E-state index in [1.165, 1.54) is 6.07 Å². The minimum absolute atomic E-state index is 0.0867. The lowest BCUT2D eigenvalue weighted by Gasteiger charge is -2.10. The van der Waals surface area contributed by atoms with Crippen LogP contribution in [-0.2, 0) is 0 Å². The Kier molecular flexibility index (Phi) is 2.29. The van der Waals surface area contributed by atoms with Crippen molar-refractivity contribution >= 4 is 0 Å². The van der Waals surface area contributed by atoms with Gasteiger partial charge < -0.3 is 14.6 Å². The van der Waals surface area contributed by atoms with Crippen LogP contribution < -0.4 is 9.47 Å². The molecule has 0 spiro atoms. The van der Waals surface area contributed by atoms with Gasteiger partial charge in [0.1, 0.15) is 5.82 Å². The van der Waals surface area contributed by atoms with Gasteiger partial charge >= 0.3 is 0 Å². The average molecular weight is 198 g/mol. The molecule has 3 nitrogen and oxygen atoms in total. The molecule has 1 aliphatic rings. The first-order valence-corrected chi connectivity index (χ1v) is 4.42. The van der Waals surface area contributed by atoms with Crippen molar-refractivity contribution in [2.24, 2.45) is 0 Å². The molecule has 0 amide bonds. The maximum absolute atomic E-state index is 13.4. The van der Waals surface area contributed by atoms with Gasteiger partial charge in [-0.3, -0.25) is 0 Å². The molecule has 14 heavy (non-hydrogen) atoms. The van der Waals surface area contributed by atoms with E-state index in [1.807, 2.05) is 0 Å². The lowest BCUT2D eigenvalue weighted by Crippen LogP contribution is -2.01. The van der Waals surface area contributed by atoms with Gasteiger partial charge in [-0.15, -0.1) is 0 Å². The standard InChI is InChI=1S/C10H11FO3/c1-6(4-12)7-2-9-10(3-8(7)11)14-5-13-9/h2-3,6,12H,4-5H2,1H3. The predicted molar refractivity (Wildman–Crippen MR) is 48.0 cm³/mol. The fourth-order valence-electron chi connectivity index (χ4n) is 1.41. The van der Waals surface area contributed by atoms with Crippen molar-refractivity contribution in [3.05, 3.63) is 23.5 Å². The molecule has 1 heterocycles.